The van der Waals surface area contributed by atoms with Crippen LogP contribution in [0.15, 0.2) is 0 Å². The first kappa shape index (κ1) is 13.0. The van der Waals surface area contributed by atoms with Gasteiger partial charge in [-0.1, -0.05) is 0 Å². The number of likely N-dealkylation sites (N-methyl/N-ethyl adjacent to an activating group) is 1. The third kappa shape index (κ3) is 3.82. The Bertz CT molecular complexity index is 293. The van der Waals surface area contributed by atoms with Gasteiger partial charge in [0.2, 0.25) is 5.91 Å². The summed E-state index contributed by atoms with van der Waals surface area (Å²) in [5, 5.41) is 8.93. The van der Waals surface area contributed by atoms with Gasteiger partial charge in [-0.15, -0.1) is 0 Å². The molecule has 1 aliphatic rings. The number of carbonyl (C=O) groups excluding carboxylic acids is 1. The van der Waals surface area contributed by atoms with Crippen LogP contribution in [0, 0.1) is 16.7 Å². The molecular weight excluding hydrogens is 202 g/mol. The molecule has 0 aliphatic carbocycles. The predicted octanol–water partition coefficient (Wildman–Crippen LogP) is 1.09. The standard InChI is InChI=1S/C12H21N3O/c1-12(2,10-13)5-8-15-7-4-6-14(3)11(16)9-15/h4-9H2,1-3H3. The molecule has 0 radical (unpaired) electrons. The minimum atomic E-state index is -0.290. The van der Waals surface area contributed by atoms with Crippen molar-refractivity contribution < 1.29 is 4.79 Å². The molecule has 0 N–H and O–H groups in total. The molecular formula is C12H21N3O. The van der Waals surface area contributed by atoms with E-state index in [1.165, 1.54) is 0 Å². The average Bonchev–Trinajstić information content (AvgIpc) is 2.39. The maximum atomic E-state index is 11.6. The van der Waals surface area contributed by atoms with Gasteiger partial charge >= 0.3 is 0 Å². The molecule has 0 aromatic rings. The van der Waals surface area contributed by atoms with Crippen LogP contribution in [0.1, 0.15) is 26.7 Å². The van der Waals surface area contributed by atoms with Crippen molar-refractivity contribution in [2.75, 3.05) is 33.2 Å². The Labute approximate surface area is 97.8 Å². The summed E-state index contributed by atoms with van der Waals surface area (Å²) in [6.07, 6.45) is 1.84. The fraction of sp³-hybridized carbons (Fsp3) is 0.833. The van der Waals surface area contributed by atoms with Crippen LogP contribution >= 0.6 is 0 Å². The Hall–Kier alpha value is -1.08. The van der Waals surface area contributed by atoms with Gasteiger partial charge in [-0.2, -0.15) is 5.26 Å². The molecule has 1 saturated heterocycles. The molecule has 0 spiro atoms. The topological polar surface area (TPSA) is 47.3 Å². The second kappa shape index (κ2) is 5.31. The molecule has 4 nitrogen and oxygen atoms in total. The molecule has 4 heteroatoms. The monoisotopic (exact) mass is 223 g/mol. The van der Waals surface area contributed by atoms with E-state index < -0.39 is 0 Å². The third-order valence-corrected chi connectivity index (χ3v) is 3.11. The lowest BCUT2D eigenvalue weighted by molar-refractivity contribution is -0.129. The van der Waals surface area contributed by atoms with Gasteiger partial charge < -0.3 is 4.90 Å². The zero-order valence-corrected chi connectivity index (χ0v) is 10.5. The molecule has 0 aromatic heterocycles. The van der Waals surface area contributed by atoms with E-state index in [2.05, 4.69) is 11.0 Å². The van der Waals surface area contributed by atoms with Crippen LogP contribution in [0.2, 0.25) is 0 Å². The number of amides is 1. The first-order chi connectivity index (χ1) is 7.44. The zero-order valence-electron chi connectivity index (χ0n) is 10.5. The van der Waals surface area contributed by atoms with Gasteiger partial charge in [0.25, 0.3) is 0 Å². The van der Waals surface area contributed by atoms with Crippen LogP contribution in [0.4, 0.5) is 0 Å². The summed E-state index contributed by atoms with van der Waals surface area (Å²) in [4.78, 5) is 15.6. The second-order valence-electron chi connectivity index (χ2n) is 5.19. The van der Waals surface area contributed by atoms with Gasteiger partial charge in [0, 0.05) is 26.7 Å². The highest BCUT2D eigenvalue weighted by Gasteiger charge is 2.22. The van der Waals surface area contributed by atoms with Crippen molar-refractivity contribution in [2.24, 2.45) is 5.41 Å². The van der Waals surface area contributed by atoms with E-state index in [1.54, 1.807) is 4.90 Å². The van der Waals surface area contributed by atoms with E-state index >= 15 is 0 Å². The highest BCUT2D eigenvalue weighted by atomic mass is 16.2. The van der Waals surface area contributed by atoms with Crippen molar-refractivity contribution in [3.05, 3.63) is 0 Å². The first-order valence-corrected chi connectivity index (χ1v) is 5.82. The number of nitriles is 1. The van der Waals surface area contributed by atoms with Crippen LogP contribution in [-0.2, 0) is 4.79 Å². The minimum Gasteiger partial charge on any atom is -0.345 e. The molecule has 1 amide bonds. The Morgan fingerprint density at radius 3 is 2.75 bits per heavy atom. The van der Waals surface area contributed by atoms with Crippen molar-refractivity contribution in [3.63, 3.8) is 0 Å². The molecule has 0 aromatic carbocycles. The van der Waals surface area contributed by atoms with Crippen molar-refractivity contribution in [2.45, 2.75) is 26.7 Å². The Morgan fingerprint density at radius 2 is 2.12 bits per heavy atom. The maximum absolute atomic E-state index is 11.6. The van der Waals surface area contributed by atoms with Crippen LogP contribution in [0.25, 0.3) is 0 Å². The minimum absolute atomic E-state index is 0.187. The van der Waals surface area contributed by atoms with E-state index in [0.29, 0.717) is 6.54 Å². The number of rotatable bonds is 3. The molecule has 0 saturated carbocycles. The second-order valence-corrected chi connectivity index (χ2v) is 5.19. The molecule has 0 unspecified atom stereocenters. The summed E-state index contributed by atoms with van der Waals surface area (Å²) in [7, 11) is 1.85. The van der Waals surface area contributed by atoms with Crippen LogP contribution < -0.4 is 0 Å². The molecule has 1 aliphatic heterocycles. The Kier molecular flexibility index (Phi) is 4.31. The SMILES string of the molecule is CN1CCCN(CCC(C)(C)C#N)CC1=O. The summed E-state index contributed by atoms with van der Waals surface area (Å²) < 4.78 is 0. The fourth-order valence-electron chi connectivity index (χ4n) is 1.73. The summed E-state index contributed by atoms with van der Waals surface area (Å²) in [6.45, 7) is 7.02. The van der Waals surface area contributed by atoms with Gasteiger partial charge in [0.1, 0.15) is 0 Å². The summed E-state index contributed by atoms with van der Waals surface area (Å²) in [5.74, 6) is 0.187. The lowest BCUT2D eigenvalue weighted by Gasteiger charge is -2.23. The van der Waals surface area contributed by atoms with Gasteiger partial charge in [-0.25, -0.2) is 0 Å². The molecule has 0 atom stereocenters. The van der Waals surface area contributed by atoms with Crippen molar-refractivity contribution in [1.29, 1.82) is 5.26 Å². The Balaban J connectivity index is 2.44. The van der Waals surface area contributed by atoms with Gasteiger partial charge in [0.05, 0.1) is 18.0 Å². The van der Waals surface area contributed by atoms with Crippen LogP contribution in [0.3, 0.4) is 0 Å². The van der Waals surface area contributed by atoms with Crippen molar-refractivity contribution in [3.8, 4) is 6.07 Å². The van der Waals surface area contributed by atoms with Gasteiger partial charge in [0.15, 0.2) is 0 Å². The van der Waals surface area contributed by atoms with E-state index in [4.69, 9.17) is 5.26 Å². The van der Waals surface area contributed by atoms with Crippen LogP contribution in [-0.4, -0.2) is 48.9 Å². The summed E-state index contributed by atoms with van der Waals surface area (Å²) in [5.41, 5.74) is -0.290. The average molecular weight is 223 g/mol. The zero-order chi connectivity index (χ0) is 12.2. The quantitative estimate of drug-likeness (QED) is 0.719. The molecule has 90 valence electrons. The largest absolute Gasteiger partial charge is 0.345 e. The lowest BCUT2D eigenvalue weighted by atomic mass is 9.91. The van der Waals surface area contributed by atoms with Crippen molar-refractivity contribution >= 4 is 5.91 Å². The van der Waals surface area contributed by atoms with E-state index in [9.17, 15) is 4.79 Å². The number of nitrogens with zero attached hydrogens (tertiary/aromatic N) is 3. The van der Waals surface area contributed by atoms with Crippen molar-refractivity contribution in [1.82, 2.24) is 9.80 Å². The lowest BCUT2D eigenvalue weighted by Crippen LogP contribution is -2.35. The number of carbonyl (C=O) groups is 1. The smallest absolute Gasteiger partial charge is 0.236 e. The number of hydrogen-bond donors (Lipinski definition) is 0. The molecule has 1 rings (SSSR count). The van der Waals surface area contributed by atoms with E-state index in [0.717, 1.165) is 32.5 Å². The maximum Gasteiger partial charge on any atom is 0.236 e. The fourth-order valence-corrected chi connectivity index (χ4v) is 1.73. The molecule has 0 bridgehead atoms. The Morgan fingerprint density at radius 1 is 1.44 bits per heavy atom. The highest BCUT2D eigenvalue weighted by molar-refractivity contribution is 5.78. The first-order valence-electron chi connectivity index (χ1n) is 5.82. The normalized spacial score (nSPS) is 19.4. The van der Waals surface area contributed by atoms with Gasteiger partial charge in [-0.05, 0) is 26.7 Å². The van der Waals surface area contributed by atoms with Gasteiger partial charge in [-0.3, -0.25) is 9.69 Å². The van der Waals surface area contributed by atoms with E-state index in [1.807, 2.05) is 20.9 Å². The molecule has 1 fully saturated rings. The highest BCUT2D eigenvalue weighted by Crippen LogP contribution is 2.19. The van der Waals surface area contributed by atoms with E-state index in [-0.39, 0.29) is 11.3 Å². The third-order valence-electron chi connectivity index (χ3n) is 3.11. The summed E-state index contributed by atoms with van der Waals surface area (Å²) in [6, 6.07) is 2.29. The van der Waals surface area contributed by atoms with Crippen LogP contribution in [0.5, 0.6) is 0 Å². The number of hydrogen-bond acceptors (Lipinski definition) is 3. The molecule has 16 heavy (non-hydrogen) atoms. The summed E-state index contributed by atoms with van der Waals surface area (Å²) >= 11 is 0. The molecule has 1 heterocycles. The predicted molar refractivity (Wildman–Crippen MR) is 62.7 cm³/mol.